The number of aromatic nitrogens is 2. The van der Waals surface area contributed by atoms with Gasteiger partial charge < -0.3 is 20.7 Å². The quantitative estimate of drug-likeness (QED) is 0.452. The number of nitrogens with zero attached hydrogens (tertiary/aromatic N) is 4. The van der Waals surface area contributed by atoms with Crippen LogP contribution < -0.4 is 20.7 Å². The smallest absolute Gasteiger partial charge is 0.319 e. The van der Waals surface area contributed by atoms with Crippen LogP contribution >= 0.6 is 11.6 Å². The first-order valence-corrected chi connectivity index (χ1v) is 13.9. The molecular formula is C28H31ClF2N6O. The molecule has 4 aliphatic heterocycles. The van der Waals surface area contributed by atoms with Crippen LogP contribution in [0.1, 0.15) is 38.5 Å². The molecule has 2 atom stereocenters. The molecule has 3 N–H and O–H groups in total. The van der Waals surface area contributed by atoms with Crippen LogP contribution in [0, 0.1) is 11.6 Å². The van der Waals surface area contributed by atoms with Gasteiger partial charge in [0, 0.05) is 30.6 Å². The molecule has 0 amide bonds. The minimum Gasteiger partial charge on any atom is -0.461 e. The summed E-state index contributed by atoms with van der Waals surface area (Å²) in [4.78, 5) is 13.9. The number of rotatable bonds is 5. The Morgan fingerprint density at radius 2 is 1.82 bits per heavy atom. The minimum atomic E-state index is -0.755. The third-order valence-corrected chi connectivity index (χ3v) is 9.27. The van der Waals surface area contributed by atoms with E-state index in [0.717, 1.165) is 64.7 Å². The van der Waals surface area contributed by atoms with Crippen molar-refractivity contribution in [2.24, 2.45) is 0 Å². The lowest BCUT2D eigenvalue weighted by molar-refractivity contribution is 0.108. The number of anilines is 2. The molecule has 2 aromatic carbocycles. The molecule has 4 fully saturated rings. The standard InChI is InChI=1S/C28H31ClF2N6O/c29-20-6-3-16(11-22(20)32)23-21(30)12-19-25(24(23)31)34-27(38-15-28-7-1-9-37(28)10-2-8-28)35-26(19)36-13-17-4-5-18(14-36)33-17/h3,6,11-12,17-18,33H,1-2,4-5,7-10,13-15,32H2/t17-,18+. The van der Waals surface area contributed by atoms with E-state index in [4.69, 9.17) is 27.1 Å². The van der Waals surface area contributed by atoms with Gasteiger partial charge in [0.15, 0.2) is 5.82 Å². The normalized spacial score (nSPS) is 24.3. The average molecular weight is 541 g/mol. The van der Waals surface area contributed by atoms with E-state index in [9.17, 15) is 0 Å². The van der Waals surface area contributed by atoms with Gasteiger partial charge in [0.2, 0.25) is 0 Å². The number of halogens is 3. The number of hydrogen-bond acceptors (Lipinski definition) is 7. The van der Waals surface area contributed by atoms with Gasteiger partial charge in [-0.05, 0) is 75.4 Å². The highest BCUT2D eigenvalue weighted by molar-refractivity contribution is 6.33. The summed E-state index contributed by atoms with van der Waals surface area (Å²) >= 11 is 6.06. The molecule has 0 radical (unpaired) electrons. The molecule has 0 aliphatic carbocycles. The molecule has 0 saturated carbocycles. The predicted octanol–water partition coefficient (Wildman–Crippen LogP) is 4.76. The Balaban J connectivity index is 1.33. The average Bonchev–Trinajstić information content (AvgIpc) is 3.58. The van der Waals surface area contributed by atoms with E-state index < -0.39 is 11.6 Å². The number of benzene rings is 2. The molecule has 4 aliphatic rings. The maximum atomic E-state index is 16.2. The topological polar surface area (TPSA) is 79.5 Å². The van der Waals surface area contributed by atoms with Crippen molar-refractivity contribution in [3.8, 4) is 17.1 Å². The van der Waals surface area contributed by atoms with Gasteiger partial charge in [-0.2, -0.15) is 9.97 Å². The van der Waals surface area contributed by atoms with Crippen LogP contribution in [0.3, 0.4) is 0 Å². The summed E-state index contributed by atoms with van der Waals surface area (Å²) in [6.45, 7) is 4.07. The zero-order valence-electron chi connectivity index (χ0n) is 21.2. The summed E-state index contributed by atoms with van der Waals surface area (Å²) in [5.41, 5.74) is 6.37. The lowest BCUT2D eigenvalue weighted by Gasteiger charge is -2.34. The van der Waals surface area contributed by atoms with E-state index in [0.29, 0.717) is 40.5 Å². The molecule has 0 unspecified atom stereocenters. The molecule has 7 nitrogen and oxygen atoms in total. The van der Waals surface area contributed by atoms with Crippen molar-refractivity contribution >= 4 is 34.0 Å². The van der Waals surface area contributed by atoms with Crippen molar-refractivity contribution in [2.45, 2.75) is 56.1 Å². The summed E-state index contributed by atoms with van der Waals surface area (Å²) in [5, 5.41) is 4.29. The fourth-order valence-electron chi connectivity index (χ4n) is 7.06. The van der Waals surface area contributed by atoms with E-state index in [2.05, 4.69) is 20.1 Å². The number of piperazine rings is 1. The van der Waals surface area contributed by atoms with E-state index in [1.165, 1.54) is 12.1 Å². The fourth-order valence-corrected chi connectivity index (χ4v) is 7.18. The van der Waals surface area contributed by atoms with Crippen molar-refractivity contribution in [3.05, 3.63) is 40.9 Å². The molecule has 200 valence electrons. The van der Waals surface area contributed by atoms with Gasteiger partial charge in [0.05, 0.1) is 21.8 Å². The maximum Gasteiger partial charge on any atom is 0.319 e. The molecule has 5 heterocycles. The molecular weight excluding hydrogens is 510 g/mol. The Bertz CT molecular complexity index is 1400. The third kappa shape index (κ3) is 3.98. The number of hydrogen-bond donors (Lipinski definition) is 2. The van der Waals surface area contributed by atoms with Crippen molar-refractivity contribution in [3.63, 3.8) is 0 Å². The highest BCUT2D eigenvalue weighted by Crippen LogP contribution is 2.41. The van der Waals surface area contributed by atoms with Crippen molar-refractivity contribution in [1.82, 2.24) is 20.2 Å². The number of nitrogen functional groups attached to an aromatic ring is 1. The first-order chi connectivity index (χ1) is 18.4. The second-order valence-electron chi connectivity index (χ2n) is 11.3. The predicted molar refractivity (Wildman–Crippen MR) is 145 cm³/mol. The number of fused-ring (bicyclic) bond motifs is 4. The van der Waals surface area contributed by atoms with E-state index in [1.54, 1.807) is 12.1 Å². The van der Waals surface area contributed by atoms with Gasteiger partial charge in [0.25, 0.3) is 0 Å². The third-order valence-electron chi connectivity index (χ3n) is 8.92. The largest absolute Gasteiger partial charge is 0.461 e. The molecule has 0 spiro atoms. The Labute approximate surface area is 225 Å². The van der Waals surface area contributed by atoms with Crippen LogP contribution in [0.4, 0.5) is 20.3 Å². The summed E-state index contributed by atoms with van der Waals surface area (Å²) in [5.74, 6) is -0.926. The zero-order valence-corrected chi connectivity index (χ0v) is 21.9. The van der Waals surface area contributed by atoms with Crippen LogP contribution in [0.5, 0.6) is 6.01 Å². The molecule has 4 saturated heterocycles. The van der Waals surface area contributed by atoms with Crippen LogP contribution in [-0.2, 0) is 0 Å². The monoisotopic (exact) mass is 540 g/mol. The molecule has 7 rings (SSSR count). The second kappa shape index (κ2) is 9.17. The molecule has 38 heavy (non-hydrogen) atoms. The van der Waals surface area contributed by atoms with Crippen LogP contribution in [-0.4, -0.2) is 65.3 Å². The minimum absolute atomic E-state index is 0.0000322. The van der Waals surface area contributed by atoms with Gasteiger partial charge in [0.1, 0.15) is 23.8 Å². The molecule has 1 aromatic heterocycles. The van der Waals surface area contributed by atoms with E-state index >= 15 is 8.78 Å². The lowest BCUT2D eigenvalue weighted by Crippen LogP contribution is -2.51. The maximum absolute atomic E-state index is 16.2. The number of ether oxygens (including phenoxy) is 1. The Morgan fingerprint density at radius 1 is 1.08 bits per heavy atom. The zero-order chi connectivity index (χ0) is 26.0. The highest BCUT2D eigenvalue weighted by atomic mass is 35.5. The summed E-state index contributed by atoms with van der Waals surface area (Å²) in [6, 6.07) is 6.73. The van der Waals surface area contributed by atoms with Crippen molar-refractivity contribution < 1.29 is 13.5 Å². The lowest BCUT2D eigenvalue weighted by atomic mass is 9.95. The summed E-state index contributed by atoms with van der Waals surface area (Å²) < 4.78 is 38.0. The van der Waals surface area contributed by atoms with Crippen LogP contribution in [0.2, 0.25) is 5.02 Å². The van der Waals surface area contributed by atoms with Gasteiger partial charge in [-0.15, -0.1) is 0 Å². The Hall–Kier alpha value is -2.75. The van der Waals surface area contributed by atoms with E-state index in [-0.39, 0.29) is 28.3 Å². The van der Waals surface area contributed by atoms with Crippen LogP contribution in [0.15, 0.2) is 24.3 Å². The number of nitrogens with one attached hydrogen (secondary N) is 1. The molecule has 10 heteroatoms. The molecule has 2 bridgehead atoms. The van der Waals surface area contributed by atoms with Crippen LogP contribution in [0.25, 0.3) is 22.0 Å². The highest BCUT2D eigenvalue weighted by Gasteiger charge is 2.45. The van der Waals surface area contributed by atoms with Gasteiger partial charge in [-0.1, -0.05) is 17.7 Å². The first-order valence-electron chi connectivity index (χ1n) is 13.5. The van der Waals surface area contributed by atoms with Crippen molar-refractivity contribution in [2.75, 3.05) is 43.4 Å². The van der Waals surface area contributed by atoms with Gasteiger partial charge in [-0.25, -0.2) is 8.78 Å². The molecule has 3 aromatic rings. The Morgan fingerprint density at radius 3 is 2.53 bits per heavy atom. The Kier molecular flexibility index (Phi) is 5.87. The fraction of sp³-hybridized carbons (Fsp3) is 0.500. The summed E-state index contributed by atoms with van der Waals surface area (Å²) in [7, 11) is 0. The summed E-state index contributed by atoms with van der Waals surface area (Å²) in [6.07, 6.45) is 6.62. The number of nitrogens with two attached hydrogens (primary N) is 1. The van der Waals surface area contributed by atoms with Gasteiger partial charge in [-0.3, -0.25) is 4.90 Å². The second-order valence-corrected chi connectivity index (χ2v) is 11.7. The SMILES string of the molecule is Nc1cc(-c2c(F)cc3c(N4C[C@H]5CC[C@@H](C4)N5)nc(OCC45CCCN4CCC5)nc3c2F)ccc1Cl. The van der Waals surface area contributed by atoms with E-state index in [1.807, 2.05) is 0 Å². The first kappa shape index (κ1) is 24.3. The van der Waals surface area contributed by atoms with Gasteiger partial charge >= 0.3 is 6.01 Å². The van der Waals surface area contributed by atoms with Crippen molar-refractivity contribution in [1.29, 1.82) is 0 Å².